The van der Waals surface area contributed by atoms with Gasteiger partial charge in [0.1, 0.15) is 4.90 Å². The fourth-order valence-corrected chi connectivity index (χ4v) is 3.05. The molecule has 0 saturated heterocycles. The summed E-state index contributed by atoms with van der Waals surface area (Å²) in [4.78, 5) is -0.453. The summed E-state index contributed by atoms with van der Waals surface area (Å²) in [6, 6.07) is 2.70. The minimum absolute atomic E-state index is 0.302. The quantitative estimate of drug-likeness (QED) is 0.853. The highest BCUT2D eigenvalue weighted by molar-refractivity contribution is 8.13. The Balaban J connectivity index is 3.15. The number of alkyl halides is 2. The summed E-state index contributed by atoms with van der Waals surface area (Å²) in [5.74, 6) is -3.62. The van der Waals surface area contributed by atoms with Crippen molar-refractivity contribution in [3.63, 3.8) is 0 Å². The molecule has 0 aliphatic rings. The van der Waals surface area contributed by atoms with Gasteiger partial charge >= 0.3 is 5.76 Å². The topological polar surface area (TPSA) is 80.3 Å². The summed E-state index contributed by atoms with van der Waals surface area (Å²) in [5, 5.41) is -0.389. The molecule has 1 aromatic rings. The van der Waals surface area contributed by atoms with E-state index in [1.165, 1.54) is 4.72 Å². The van der Waals surface area contributed by atoms with E-state index in [2.05, 4.69) is 0 Å². The van der Waals surface area contributed by atoms with Gasteiger partial charge in [-0.3, -0.25) is 4.72 Å². The summed E-state index contributed by atoms with van der Waals surface area (Å²) < 4.78 is 69.3. The van der Waals surface area contributed by atoms with E-state index in [1.807, 2.05) is 0 Å². The number of hydrogen-bond acceptors (Lipinski definition) is 4. The molecule has 0 bridgehead atoms. The summed E-state index contributed by atoms with van der Waals surface area (Å²) in [6.07, 6.45) is 0. The first-order valence-electron chi connectivity index (χ1n) is 4.08. The zero-order chi connectivity index (χ0) is 14.1. The standard InChI is InChI=1S/C7H5Cl2F2NO4S2/c8-5-3-4(12-18(15,16)7(10)11)1-2-6(5)17(9,13)14/h1-3,7,12H. The Morgan fingerprint density at radius 1 is 1.17 bits per heavy atom. The molecule has 0 unspecified atom stereocenters. The van der Waals surface area contributed by atoms with E-state index in [0.29, 0.717) is 0 Å². The second-order valence-electron chi connectivity index (χ2n) is 2.99. The lowest BCUT2D eigenvalue weighted by Crippen LogP contribution is -2.20. The van der Waals surface area contributed by atoms with Gasteiger partial charge in [-0.05, 0) is 18.2 Å². The molecule has 0 amide bonds. The van der Waals surface area contributed by atoms with Gasteiger partial charge in [-0.15, -0.1) is 0 Å². The normalized spacial score (nSPS) is 12.7. The molecule has 0 saturated carbocycles. The van der Waals surface area contributed by atoms with Crippen LogP contribution in [0.15, 0.2) is 23.1 Å². The third-order valence-corrected chi connectivity index (χ3v) is 4.48. The second kappa shape index (κ2) is 5.16. The number of hydrogen-bond donors (Lipinski definition) is 1. The van der Waals surface area contributed by atoms with Crippen LogP contribution < -0.4 is 4.72 Å². The first kappa shape index (κ1) is 15.4. The summed E-state index contributed by atoms with van der Waals surface area (Å²) >= 11 is 5.54. The third kappa shape index (κ3) is 3.67. The maximum Gasteiger partial charge on any atom is 0.355 e. The monoisotopic (exact) mass is 339 g/mol. The molecule has 0 heterocycles. The first-order valence-corrected chi connectivity index (χ1v) is 8.31. The molecule has 1 rings (SSSR count). The van der Waals surface area contributed by atoms with Crippen LogP contribution in [0, 0.1) is 0 Å². The van der Waals surface area contributed by atoms with Gasteiger partial charge < -0.3 is 0 Å². The van der Waals surface area contributed by atoms with Crippen molar-refractivity contribution >= 4 is 47.0 Å². The van der Waals surface area contributed by atoms with Gasteiger partial charge in [0.25, 0.3) is 19.1 Å². The zero-order valence-corrected chi connectivity index (χ0v) is 11.4. The largest absolute Gasteiger partial charge is 0.355 e. The number of halogens is 4. The smallest absolute Gasteiger partial charge is 0.279 e. The molecule has 11 heteroatoms. The average molecular weight is 340 g/mol. The Morgan fingerprint density at radius 3 is 2.11 bits per heavy atom. The molecular formula is C7H5Cl2F2NO4S2. The molecular weight excluding hydrogens is 335 g/mol. The molecule has 0 radical (unpaired) electrons. The van der Waals surface area contributed by atoms with Crippen molar-refractivity contribution in [3.8, 4) is 0 Å². The molecule has 1 aromatic carbocycles. The first-order chi connectivity index (χ1) is 8.04. The fourth-order valence-electron chi connectivity index (χ4n) is 0.971. The van der Waals surface area contributed by atoms with E-state index >= 15 is 0 Å². The van der Waals surface area contributed by atoms with E-state index in [-0.39, 0.29) is 10.7 Å². The van der Waals surface area contributed by atoms with Crippen LogP contribution in [0.25, 0.3) is 0 Å². The lowest BCUT2D eigenvalue weighted by molar-refractivity contribution is 0.236. The van der Waals surface area contributed by atoms with E-state index in [0.717, 1.165) is 18.2 Å². The van der Waals surface area contributed by atoms with Crippen molar-refractivity contribution in [2.45, 2.75) is 10.7 Å². The second-order valence-corrected chi connectivity index (χ2v) is 7.58. The Labute approximate surface area is 111 Å². The van der Waals surface area contributed by atoms with Crippen molar-refractivity contribution in [1.29, 1.82) is 0 Å². The van der Waals surface area contributed by atoms with E-state index in [9.17, 15) is 25.6 Å². The minimum atomic E-state index is -4.84. The molecule has 0 atom stereocenters. The van der Waals surface area contributed by atoms with Crippen LogP contribution in [0.2, 0.25) is 5.02 Å². The molecule has 0 aliphatic carbocycles. The van der Waals surface area contributed by atoms with Gasteiger partial charge in [-0.2, -0.15) is 8.78 Å². The van der Waals surface area contributed by atoms with Gasteiger partial charge in [0.05, 0.1) is 10.7 Å². The van der Waals surface area contributed by atoms with Crippen molar-refractivity contribution in [2.24, 2.45) is 0 Å². The van der Waals surface area contributed by atoms with Crippen LogP contribution in [0.3, 0.4) is 0 Å². The molecule has 0 aliphatic heterocycles. The maximum atomic E-state index is 12.1. The Hall–Kier alpha value is -0.640. The highest BCUT2D eigenvalue weighted by Crippen LogP contribution is 2.28. The SMILES string of the molecule is O=S(=O)(Cl)c1ccc(NS(=O)(=O)C(F)F)cc1Cl. The molecule has 18 heavy (non-hydrogen) atoms. The van der Waals surface area contributed by atoms with Gasteiger partial charge in [0.2, 0.25) is 0 Å². The van der Waals surface area contributed by atoms with E-state index in [1.54, 1.807) is 0 Å². The van der Waals surface area contributed by atoms with Gasteiger partial charge in [0.15, 0.2) is 0 Å². The zero-order valence-electron chi connectivity index (χ0n) is 8.27. The highest BCUT2D eigenvalue weighted by atomic mass is 35.7. The number of rotatable bonds is 4. The van der Waals surface area contributed by atoms with Crippen LogP contribution in [-0.4, -0.2) is 22.6 Å². The molecule has 102 valence electrons. The van der Waals surface area contributed by atoms with Crippen molar-refractivity contribution < 1.29 is 25.6 Å². The van der Waals surface area contributed by atoms with E-state index in [4.69, 9.17) is 22.3 Å². The molecule has 0 fully saturated rings. The van der Waals surface area contributed by atoms with Crippen LogP contribution in [-0.2, 0) is 19.1 Å². The molecule has 1 N–H and O–H groups in total. The van der Waals surface area contributed by atoms with Gasteiger partial charge in [-0.1, -0.05) is 11.6 Å². The maximum absolute atomic E-state index is 12.1. The summed E-state index contributed by atoms with van der Waals surface area (Å²) in [5.41, 5.74) is -0.302. The predicted molar refractivity (Wildman–Crippen MR) is 63.0 cm³/mol. The van der Waals surface area contributed by atoms with Crippen molar-refractivity contribution in [3.05, 3.63) is 23.2 Å². The number of nitrogens with one attached hydrogen (secondary N) is 1. The summed E-state index contributed by atoms with van der Waals surface area (Å²) in [6.45, 7) is 0. The van der Waals surface area contributed by atoms with Crippen LogP contribution in [0.4, 0.5) is 14.5 Å². The predicted octanol–water partition coefficient (Wildman–Crippen LogP) is 2.23. The van der Waals surface area contributed by atoms with Crippen molar-refractivity contribution in [2.75, 3.05) is 4.72 Å². The Morgan fingerprint density at radius 2 is 1.72 bits per heavy atom. The number of anilines is 1. The van der Waals surface area contributed by atoms with Gasteiger partial charge in [0, 0.05) is 10.7 Å². The molecule has 0 aromatic heterocycles. The third-order valence-electron chi connectivity index (χ3n) is 1.69. The van der Waals surface area contributed by atoms with Crippen molar-refractivity contribution in [1.82, 2.24) is 0 Å². The van der Waals surface area contributed by atoms with Crippen LogP contribution in [0.5, 0.6) is 0 Å². The Bertz CT molecular complexity index is 660. The number of sulfonamides is 1. The minimum Gasteiger partial charge on any atom is -0.279 e. The molecule has 5 nitrogen and oxygen atoms in total. The average Bonchev–Trinajstić information content (AvgIpc) is 2.14. The van der Waals surface area contributed by atoms with Gasteiger partial charge in [-0.25, -0.2) is 16.8 Å². The van der Waals surface area contributed by atoms with Crippen LogP contribution in [0.1, 0.15) is 0 Å². The fraction of sp³-hybridized carbons (Fsp3) is 0.143. The highest BCUT2D eigenvalue weighted by Gasteiger charge is 2.24. The van der Waals surface area contributed by atoms with E-state index < -0.39 is 29.7 Å². The lowest BCUT2D eigenvalue weighted by atomic mass is 10.3. The summed E-state index contributed by atoms with van der Waals surface area (Å²) in [7, 11) is -3.91. The number of benzene rings is 1. The Kier molecular flexibility index (Phi) is 4.42. The lowest BCUT2D eigenvalue weighted by Gasteiger charge is -2.08. The van der Waals surface area contributed by atoms with Crippen LogP contribution >= 0.6 is 22.3 Å². The molecule has 0 spiro atoms.